The summed E-state index contributed by atoms with van der Waals surface area (Å²) in [5.74, 6) is 0.691. The van der Waals surface area contributed by atoms with Crippen molar-refractivity contribution in [3.8, 4) is 0 Å². The van der Waals surface area contributed by atoms with Gasteiger partial charge in [-0.3, -0.25) is 9.88 Å². The summed E-state index contributed by atoms with van der Waals surface area (Å²) in [5, 5.41) is 3.02. The van der Waals surface area contributed by atoms with E-state index in [1.165, 1.54) is 12.8 Å². The van der Waals surface area contributed by atoms with Crippen molar-refractivity contribution >= 4 is 5.95 Å². The van der Waals surface area contributed by atoms with Gasteiger partial charge in [0, 0.05) is 26.0 Å². The fourth-order valence-corrected chi connectivity index (χ4v) is 2.89. The van der Waals surface area contributed by atoms with Crippen molar-refractivity contribution in [2.24, 2.45) is 0 Å². The van der Waals surface area contributed by atoms with Gasteiger partial charge in [0.1, 0.15) is 0 Å². The number of hydrogen-bond donors (Lipinski definition) is 1. The van der Waals surface area contributed by atoms with Crippen molar-refractivity contribution in [3.05, 3.63) is 48.0 Å². The molecule has 0 radical (unpaired) electrons. The van der Waals surface area contributed by atoms with E-state index >= 15 is 0 Å². The summed E-state index contributed by atoms with van der Waals surface area (Å²) < 4.78 is 0. The van der Waals surface area contributed by atoms with Crippen LogP contribution in [-0.2, 0) is 6.54 Å². The Labute approximate surface area is 125 Å². The molecule has 1 atom stereocenters. The predicted octanol–water partition coefficient (Wildman–Crippen LogP) is 2.64. The second-order valence-corrected chi connectivity index (χ2v) is 5.36. The zero-order chi connectivity index (χ0) is 14.5. The Hall–Kier alpha value is -2.01. The van der Waals surface area contributed by atoms with Crippen LogP contribution in [0.25, 0.3) is 0 Å². The van der Waals surface area contributed by atoms with Gasteiger partial charge in [-0.15, -0.1) is 0 Å². The molecular weight excluding hydrogens is 262 g/mol. The molecule has 2 aromatic rings. The van der Waals surface area contributed by atoms with E-state index in [1.807, 2.05) is 37.6 Å². The summed E-state index contributed by atoms with van der Waals surface area (Å²) in [6, 6.07) is 8.48. The molecule has 3 heterocycles. The maximum atomic E-state index is 4.62. The highest BCUT2D eigenvalue weighted by Gasteiger charge is 2.25. The number of hydrogen-bond acceptors (Lipinski definition) is 5. The SMILES string of the molecule is CNc1nccc([C@@H]2CCCCN2Cc2ccccn2)n1. The van der Waals surface area contributed by atoms with Crippen molar-refractivity contribution in [3.63, 3.8) is 0 Å². The van der Waals surface area contributed by atoms with Gasteiger partial charge < -0.3 is 5.32 Å². The molecule has 0 bridgehead atoms. The molecule has 0 saturated carbocycles. The first-order valence-electron chi connectivity index (χ1n) is 7.51. The largest absolute Gasteiger partial charge is 0.357 e. The van der Waals surface area contributed by atoms with Gasteiger partial charge in [0.05, 0.1) is 17.4 Å². The second kappa shape index (κ2) is 6.63. The van der Waals surface area contributed by atoms with Gasteiger partial charge in [0.15, 0.2) is 0 Å². The minimum atomic E-state index is 0.357. The summed E-state index contributed by atoms with van der Waals surface area (Å²) in [6.45, 7) is 1.98. The van der Waals surface area contributed by atoms with Crippen LogP contribution in [0.2, 0.25) is 0 Å². The molecule has 5 nitrogen and oxygen atoms in total. The first-order valence-corrected chi connectivity index (χ1v) is 7.51. The molecule has 3 rings (SSSR count). The fourth-order valence-electron chi connectivity index (χ4n) is 2.89. The minimum Gasteiger partial charge on any atom is -0.357 e. The molecule has 0 unspecified atom stereocenters. The number of pyridine rings is 1. The van der Waals surface area contributed by atoms with E-state index in [9.17, 15) is 0 Å². The van der Waals surface area contributed by atoms with Crippen molar-refractivity contribution in [2.75, 3.05) is 18.9 Å². The van der Waals surface area contributed by atoms with E-state index in [4.69, 9.17) is 0 Å². The topological polar surface area (TPSA) is 53.9 Å². The lowest BCUT2D eigenvalue weighted by molar-refractivity contribution is 0.135. The van der Waals surface area contributed by atoms with Crippen LogP contribution in [0.4, 0.5) is 5.95 Å². The van der Waals surface area contributed by atoms with Gasteiger partial charge >= 0.3 is 0 Å². The summed E-state index contributed by atoms with van der Waals surface area (Å²) >= 11 is 0. The molecule has 21 heavy (non-hydrogen) atoms. The van der Waals surface area contributed by atoms with Crippen LogP contribution >= 0.6 is 0 Å². The highest BCUT2D eigenvalue weighted by atomic mass is 15.2. The third-order valence-corrected chi connectivity index (χ3v) is 3.95. The molecular formula is C16H21N5. The first-order chi connectivity index (χ1) is 10.4. The van der Waals surface area contributed by atoms with Crippen LogP contribution in [-0.4, -0.2) is 33.4 Å². The van der Waals surface area contributed by atoms with E-state index in [0.717, 1.165) is 30.9 Å². The molecule has 0 amide bonds. The summed E-state index contributed by atoms with van der Waals surface area (Å²) in [6.07, 6.45) is 7.34. The van der Waals surface area contributed by atoms with Crippen LogP contribution in [0.15, 0.2) is 36.7 Å². The molecule has 0 spiro atoms. The summed E-state index contributed by atoms with van der Waals surface area (Å²) in [7, 11) is 1.85. The first kappa shape index (κ1) is 13.9. The smallest absolute Gasteiger partial charge is 0.222 e. The Bertz CT molecular complexity index is 572. The Morgan fingerprint density at radius 1 is 1.19 bits per heavy atom. The maximum Gasteiger partial charge on any atom is 0.222 e. The Morgan fingerprint density at radius 3 is 2.95 bits per heavy atom. The lowest BCUT2D eigenvalue weighted by Gasteiger charge is -2.35. The maximum absolute atomic E-state index is 4.62. The Kier molecular flexibility index (Phi) is 4.40. The van der Waals surface area contributed by atoms with Gasteiger partial charge in [-0.05, 0) is 37.6 Å². The summed E-state index contributed by atoms with van der Waals surface area (Å²) in [4.78, 5) is 15.8. The number of nitrogens with zero attached hydrogens (tertiary/aromatic N) is 4. The number of likely N-dealkylation sites (tertiary alicyclic amines) is 1. The van der Waals surface area contributed by atoms with E-state index in [-0.39, 0.29) is 0 Å². The normalized spacial score (nSPS) is 19.4. The standard InChI is InChI=1S/C16H21N5/c1-17-16-19-10-8-14(20-16)15-7-3-5-11-21(15)12-13-6-2-4-9-18-13/h2,4,6,8-10,15H,3,5,7,11-12H2,1H3,(H,17,19,20)/t15-/m0/s1. The van der Waals surface area contributed by atoms with Crippen molar-refractivity contribution < 1.29 is 0 Å². The molecule has 1 aliphatic rings. The predicted molar refractivity (Wildman–Crippen MR) is 82.8 cm³/mol. The number of anilines is 1. The van der Waals surface area contributed by atoms with E-state index in [0.29, 0.717) is 12.0 Å². The van der Waals surface area contributed by atoms with Crippen molar-refractivity contribution in [2.45, 2.75) is 31.8 Å². The molecule has 0 aliphatic carbocycles. The molecule has 1 fully saturated rings. The highest BCUT2D eigenvalue weighted by Crippen LogP contribution is 2.30. The van der Waals surface area contributed by atoms with E-state index in [1.54, 1.807) is 0 Å². The van der Waals surface area contributed by atoms with Gasteiger partial charge in [0.2, 0.25) is 5.95 Å². The van der Waals surface area contributed by atoms with Gasteiger partial charge in [0.25, 0.3) is 0 Å². The van der Waals surface area contributed by atoms with Crippen LogP contribution < -0.4 is 5.32 Å². The lowest BCUT2D eigenvalue weighted by atomic mass is 9.99. The van der Waals surface area contributed by atoms with E-state index < -0.39 is 0 Å². The van der Waals surface area contributed by atoms with Gasteiger partial charge in [-0.1, -0.05) is 12.5 Å². The van der Waals surface area contributed by atoms with Crippen LogP contribution in [0.5, 0.6) is 0 Å². The monoisotopic (exact) mass is 283 g/mol. The fraction of sp³-hybridized carbons (Fsp3) is 0.438. The molecule has 110 valence electrons. The van der Waals surface area contributed by atoms with E-state index in [2.05, 4.69) is 31.2 Å². The van der Waals surface area contributed by atoms with Gasteiger partial charge in [-0.2, -0.15) is 0 Å². The number of nitrogens with one attached hydrogen (secondary N) is 1. The van der Waals surface area contributed by atoms with Crippen LogP contribution in [0, 0.1) is 0 Å². The van der Waals surface area contributed by atoms with Crippen LogP contribution in [0.1, 0.15) is 36.7 Å². The van der Waals surface area contributed by atoms with Gasteiger partial charge in [-0.25, -0.2) is 9.97 Å². The average molecular weight is 283 g/mol. The molecule has 5 heteroatoms. The Balaban J connectivity index is 1.80. The second-order valence-electron chi connectivity index (χ2n) is 5.36. The minimum absolute atomic E-state index is 0.357. The third kappa shape index (κ3) is 3.36. The Morgan fingerprint density at radius 2 is 2.14 bits per heavy atom. The third-order valence-electron chi connectivity index (χ3n) is 3.95. The molecule has 1 N–H and O–H groups in total. The average Bonchev–Trinajstić information content (AvgIpc) is 2.56. The molecule has 0 aromatic carbocycles. The van der Waals surface area contributed by atoms with Crippen molar-refractivity contribution in [1.82, 2.24) is 19.9 Å². The quantitative estimate of drug-likeness (QED) is 0.935. The van der Waals surface area contributed by atoms with Crippen molar-refractivity contribution in [1.29, 1.82) is 0 Å². The molecule has 2 aromatic heterocycles. The highest BCUT2D eigenvalue weighted by molar-refractivity contribution is 5.25. The zero-order valence-electron chi connectivity index (χ0n) is 12.4. The molecule has 1 saturated heterocycles. The number of aromatic nitrogens is 3. The summed E-state index contributed by atoms with van der Waals surface area (Å²) in [5.41, 5.74) is 2.22. The zero-order valence-corrected chi connectivity index (χ0v) is 12.4. The number of piperidine rings is 1. The number of rotatable bonds is 4. The van der Waals surface area contributed by atoms with Crippen LogP contribution in [0.3, 0.4) is 0 Å². The molecule has 1 aliphatic heterocycles. The lowest BCUT2D eigenvalue weighted by Crippen LogP contribution is -2.33.